The van der Waals surface area contributed by atoms with Crippen LogP contribution in [0.4, 0.5) is 17.6 Å². The molecule has 0 aromatic heterocycles. The molecule has 0 saturated heterocycles. The lowest BCUT2D eigenvalue weighted by Crippen LogP contribution is -2.14. The summed E-state index contributed by atoms with van der Waals surface area (Å²) in [6, 6.07) is 3.71. The van der Waals surface area contributed by atoms with E-state index < -0.39 is 85.4 Å². The van der Waals surface area contributed by atoms with Crippen molar-refractivity contribution in [3.63, 3.8) is 0 Å². The Hall–Kier alpha value is -4.41. The standard InChI is InChI=1S/C21H8F4O7/c22-11-4-9-13(7-2-1-6(20(28)29)3-8(7)21(30)31)10-5-12(23)17(27)15(25)19(10)32-18(9)14(24)16(11)26/h1-5,26H,(H,28,29)(H,30,31). The molecule has 1 heterocycles. The zero-order valence-electron chi connectivity index (χ0n) is 15.4. The lowest BCUT2D eigenvalue weighted by Gasteiger charge is -2.18. The van der Waals surface area contributed by atoms with E-state index in [1.807, 2.05) is 0 Å². The van der Waals surface area contributed by atoms with Gasteiger partial charge in [-0.1, -0.05) is 6.07 Å². The molecule has 162 valence electrons. The Morgan fingerprint density at radius 3 is 2.16 bits per heavy atom. The van der Waals surface area contributed by atoms with Crippen LogP contribution in [0.1, 0.15) is 20.7 Å². The van der Waals surface area contributed by atoms with Crippen LogP contribution in [0.2, 0.25) is 0 Å². The third-order valence-corrected chi connectivity index (χ3v) is 4.79. The summed E-state index contributed by atoms with van der Waals surface area (Å²) >= 11 is 0. The monoisotopic (exact) mass is 448 g/mol. The summed E-state index contributed by atoms with van der Waals surface area (Å²) in [6.45, 7) is 0. The largest absolute Gasteiger partial charge is 0.503 e. The molecule has 4 rings (SSSR count). The van der Waals surface area contributed by atoms with E-state index in [1.54, 1.807) is 0 Å². The van der Waals surface area contributed by atoms with Gasteiger partial charge in [-0.05, 0) is 29.8 Å². The molecule has 1 aliphatic heterocycles. The Morgan fingerprint density at radius 2 is 1.53 bits per heavy atom. The average molecular weight is 448 g/mol. The molecular weight excluding hydrogens is 440 g/mol. The molecule has 2 aromatic rings. The normalized spacial score (nSPS) is 11.2. The predicted octanol–water partition coefficient (Wildman–Crippen LogP) is 4.22. The van der Waals surface area contributed by atoms with E-state index in [-0.39, 0.29) is 5.56 Å². The first kappa shape index (κ1) is 20.8. The van der Waals surface area contributed by atoms with Gasteiger partial charge >= 0.3 is 11.9 Å². The Bertz CT molecular complexity index is 1510. The van der Waals surface area contributed by atoms with Gasteiger partial charge in [0.15, 0.2) is 28.7 Å². The lowest BCUT2D eigenvalue weighted by molar-refractivity contribution is 0.0696. The number of carboxylic acids is 2. The molecule has 1 aliphatic carbocycles. The molecular formula is C21H8F4O7. The summed E-state index contributed by atoms with van der Waals surface area (Å²) in [7, 11) is 0. The number of rotatable bonds is 3. The maximum atomic E-state index is 14.6. The number of hydrogen-bond acceptors (Lipinski definition) is 5. The van der Waals surface area contributed by atoms with Crippen molar-refractivity contribution in [2.45, 2.75) is 0 Å². The van der Waals surface area contributed by atoms with Crippen molar-refractivity contribution >= 4 is 22.9 Å². The summed E-state index contributed by atoms with van der Waals surface area (Å²) in [6.07, 6.45) is 0. The van der Waals surface area contributed by atoms with Crippen LogP contribution in [0.5, 0.6) is 5.75 Å². The Balaban J connectivity index is 2.30. The second-order valence-corrected chi connectivity index (χ2v) is 6.62. The van der Waals surface area contributed by atoms with Crippen molar-refractivity contribution in [1.29, 1.82) is 0 Å². The van der Waals surface area contributed by atoms with Crippen molar-refractivity contribution in [2.75, 3.05) is 0 Å². The van der Waals surface area contributed by atoms with Gasteiger partial charge in [-0.25, -0.2) is 18.4 Å². The topological polar surface area (TPSA) is 125 Å². The van der Waals surface area contributed by atoms with Crippen molar-refractivity contribution in [1.82, 2.24) is 0 Å². The molecule has 0 atom stereocenters. The Kier molecular flexibility index (Phi) is 4.61. The van der Waals surface area contributed by atoms with Gasteiger partial charge in [0.1, 0.15) is 0 Å². The molecule has 0 spiro atoms. The Labute approximate surface area is 173 Å². The van der Waals surface area contributed by atoms with E-state index in [1.165, 1.54) is 0 Å². The smallest absolute Gasteiger partial charge is 0.336 e. The minimum Gasteiger partial charge on any atom is -0.503 e. The first-order valence-electron chi connectivity index (χ1n) is 8.59. The average Bonchev–Trinajstić information content (AvgIpc) is 2.75. The molecule has 3 N–H and O–H groups in total. The SMILES string of the molecule is O=C(O)c1ccc(-c2c3cc(F)c(=O)c(F)c-3oc3c(F)c(O)c(F)cc23)c(C(=O)O)c1. The van der Waals surface area contributed by atoms with Gasteiger partial charge < -0.3 is 19.7 Å². The number of hydrogen-bond donors (Lipinski definition) is 3. The third-order valence-electron chi connectivity index (χ3n) is 4.79. The molecule has 7 nitrogen and oxygen atoms in total. The number of phenols is 1. The fraction of sp³-hybridized carbons (Fsp3) is 0. The van der Waals surface area contributed by atoms with Gasteiger partial charge in [0, 0.05) is 16.5 Å². The highest BCUT2D eigenvalue weighted by atomic mass is 19.1. The molecule has 2 aliphatic rings. The fourth-order valence-electron chi connectivity index (χ4n) is 3.36. The minimum absolute atomic E-state index is 0.379. The molecule has 0 saturated carbocycles. The summed E-state index contributed by atoms with van der Waals surface area (Å²) in [5.41, 5.74) is -5.20. The van der Waals surface area contributed by atoms with Crippen molar-refractivity contribution in [3.8, 4) is 28.2 Å². The van der Waals surface area contributed by atoms with Crippen molar-refractivity contribution < 1.29 is 46.9 Å². The predicted molar refractivity (Wildman–Crippen MR) is 100.0 cm³/mol. The highest BCUT2D eigenvalue weighted by molar-refractivity contribution is 6.08. The fourth-order valence-corrected chi connectivity index (χ4v) is 3.36. The van der Waals surface area contributed by atoms with E-state index in [2.05, 4.69) is 0 Å². The Morgan fingerprint density at radius 1 is 0.844 bits per heavy atom. The number of aromatic carboxylic acids is 2. The number of benzene rings is 3. The first-order valence-corrected chi connectivity index (χ1v) is 8.59. The number of carbonyl (C=O) groups is 2. The van der Waals surface area contributed by atoms with Gasteiger partial charge in [-0.2, -0.15) is 8.78 Å². The van der Waals surface area contributed by atoms with Gasteiger partial charge in [-0.15, -0.1) is 0 Å². The number of halogens is 4. The molecule has 11 heteroatoms. The van der Waals surface area contributed by atoms with E-state index in [9.17, 15) is 42.2 Å². The second kappa shape index (κ2) is 7.08. The summed E-state index contributed by atoms with van der Waals surface area (Å²) in [5, 5.41) is 27.7. The summed E-state index contributed by atoms with van der Waals surface area (Å²) in [4.78, 5) is 34.7. The molecule has 0 fully saturated rings. The van der Waals surface area contributed by atoms with Crippen LogP contribution >= 0.6 is 0 Å². The quantitative estimate of drug-likeness (QED) is 0.317. The number of fused-ring (bicyclic) bond motifs is 2. The first-order chi connectivity index (χ1) is 15.0. The minimum atomic E-state index is -1.77. The highest BCUT2D eigenvalue weighted by Crippen LogP contribution is 2.44. The molecule has 32 heavy (non-hydrogen) atoms. The van der Waals surface area contributed by atoms with Gasteiger partial charge in [0.25, 0.3) is 5.43 Å². The van der Waals surface area contributed by atoms with Crippen molar-refractivity contribution in [3.05, 3.63) is 75.0 Å². The number of phenolic OH excluding ortho intramolecular Hbond substituents is 1. The van der Waals surface area contributed by atoms with Gasteiger partial charge in [0.05, 0.1) is 11.1 Å². The zero-order valence-corrected chi connectivity index (χ0v) is 15.4. The molecule has 0 amide bonds. The second-order valence-electron chi connectivity index (χ2n) is 6.62. The van der Waals surface area contributed by atoms with Crippen LogP contribution in [0, 0.1) is 23.3 Å². The molecule has 0 bridgehead atoms. The van der Waals surface area contributed by atoms with Crippen LogP contribution in [0.25, 0.3) is 33.4 Å². The maximum absolute atomic E-state index is 14.6. The van der Waals surface area contributed by atoms with Crippen molar-refractivity contribution in [2.24, 2.45) is 0 Å². The van der Waals surface area contributed by atoms with Gasteiger partial charge in [0.2, 0.25) is 11.6 Å². The zero-order chi connectivity index (χ0) is 23.5. The molecule has 2 aromatic carbocycles. The lowest BCUT2D eigenvalue weighted by atomic mass is 9.89. The van der Waals surface area contributed by atoms with Gasteiger partial charge in [-0.3, -0.25) is 4.79 Å². The molecule has 0 radical (unpaired) electrons. The van der Waals surface area contributed by atoms with Crippen LogP contribution in [-0.4, -0.2) is 27.3 Å². The van der Waals surface area contributed by atoms with Crippen LogP contribution < -0.4 is 5.43 Å². The van der Waals surface area contributed by atoms with E-state index in [4.69, 9.17) is 9.52 Å². The van der Waals surface area contributed by atoms with Crippen LogP contribution in [0.3, 0.4) is 0 Å². The van der Waals surface area contributed by atoms with Crippen LogP contribution in [-0.2, 0) is 0 Å². The number of carboxylic acid groups (broad SMARTS) is 2. The van der Waals surface area contributed by atoms with E-state index in [0.717, 1.165) is 18.2 Å². The highest BCUT2D eigenvalue weighted by Gasteiger charge is 2.30. The summed E-state index contributed by atoms with van der Waals surface area (Å²) < 4.78 is 62.3. The maximum Gasteiger partial charge on any atom is 0.336 e. The summed E-state index contributed by atoms with van der Waals surface area (Å²) in [5.74, 6) is -12.2. The molecule has 0 unspecified atom stereocenters. The van der Waals surface area contributed by atoms with E-state index >= 15 is 0 Å². The van der Waals surface area contributed by atoms with Crippen LogP contribution in [0.15, 0.2) is 39.5 Å². The van der Waals surface area contributed by atoms with E-state index in [0.29, 0.717) is 12.1 Å². The third kappa shape index (κ3) is 2.94. The number of aromatic hydroxyl groups is 1.